The van der Waals surface area contributed by atoms with Gasteiger partial charge in [0.25, 0.3) is 0 Å². The first kappa shape index (κ1) is 14.9. The smallest absolute Gasteiger partial charge is 0.170 e. The molecule has 0 amide bonds. The van der Waals surface area contributed by atoms with E-state index in [-0.39, 0.29) is 5.71 Å². The zero-order chi connectivity index (χ0) is 14.1. The second kappa shape index (κ2) is 5.22. The van der Waals surface area contributed by atoms with Gasteiger partial charge < -0.3 is 0 Å². The van der Waals surface area contributed by atoms with Gasteiger partial charge in [-0.15, -0.1) is 0 Å². The van der Waals surface area contributed by atoms with Crippen LogP contribution in [-0.2, 0) is 11.0 Å². The van der Waals surface area contributed by atoms with E-state index in [1.165, 1.54) is 6.92 Å². The van der Waals surface area contributed by atoms with Crippen molar-refractivity contribution in [3.05, 3.63) is 35.1 Å². The summed E-state index contributed by atoms with van der Waals surface area (Å²) >= 11 is 0. The van der Waals surface area contributed by atoms with Crippen LogP contribution in [0.2, 0.25) is 0 Å². The van der Waals surface area contributed by atoms with Gasteiger partial charge in [0, 0.05) is 0 Å². The lowest BCUT2D eigenvalue weighted by Gasteiger charge is -2.14. The van der Waals surface area contributed by atoms with E-state index in [9.17, 15) is 17.4 Å². The molecule has 0 saturated heterocycles. The Morgan fingerprint density at radius 3 is 2.17 bits per heavy atom. The van der Waals surface area contributed by atoms with E-state index >= 15 is 0 Å². The van der Waals surface area contributed by atoms with Gasteiger partial charge in [-0.05, 0) is 39.8 Å². The summed E-state index contributed by atoms with van der Waals surface area (Å²) in [5.74, 6) is -3.41. The summed E-state index contributed by atoms with van der Waals surface area (Å²) in [6.45, 7) is 6.33. The Hall–Kier alpha value is -1.17. The van der Waals surface area contributed by atoms with Crippen molar-refractivity contribution in [2.24, 2.45) is 4.40 Å². The van der Waals surface area contributed by atoms with Gasteiger partial charge in [-0.1, -0.05) is 0 Å². The Bertz CT molecular complexity index is 521. The molecule has 0 saturated carbocycles. The Morgan fingerprint density at radius 2 is 1.67 bits per heavy atom. The quantitative estimate of drug-likeness (QED) is 0.602. The van der Waals surface area contributed by atoms with Crippen LogP contribution in [0, 0.1) is 17.5 Å². The maximum Gasteiger partial charge on any atom is 0.170 e. The van der Waals surface area contributed by atoms with Crippen molar-refractivity contribution in [3.63, 3.8) is 0 Å². The Balaban J connectivity index is 3.28. The van der Waals surface area contributed by atoms with E-state index in [4.69, 9.17) is 0 Å². The molecule has 100 valence electrons. The minimum absolute atomic E-state index is 0.127. The van der Waals surface area contributed by atoms with E-state index in [1.807, 2.05) is 0 Å². The van der Waals surface area contributed by atoms with Crippen LogP contribution in [0.4, 0.5) is 13.2 Å². The van der Waals surface area contributed by atoms with E-state index in [1.54, 1.807) is 20.8 Å². The van der Waals surface area contributed by atoms with E-state index in [2.05, 4.69) is 4.40 Å². The predicted molar refractivity (Wildman–Crippen MR) is 66.4 cm³/mol. The maximum absolute atomic E-state index is 13.5. The number of nitrogens with zero attached hydrogens (tertiary/aromatic N) is 1. The fourth-order valence-corrected chi connectivity index (χ4v) is 1.78. The summed E-state index contributed by atoms with van der Waals surface area (Å²) in [4.78, 5) is 0. The van der Waals surface area contributed by atoms with Crippen LogP contribution >= 0.6 is 0 Å². The number of benzene rings is 1. The molecule has 0 bridgehead atoms. The molecular weight excluding hydrogens is 263 g/mol. The summed E-state index contributed by atoms with van der Waals surface area (Å²) in [7, 11) is -1.66. The molecule has 1 unspecified atom stereocenters. The molecule has 0 radical (unpaired) electrons. The first-order valence-electron chi connectivity index (χ1n) is 5.25. The van der Waals surface area contributed by atoms with Crippen LogP contribution in [0.15, 0.2) is 16.5 Å². The third kappa shape index (κ3) is 3.19. The molecule has 0 N–H and O–H groups in total. The average molecular weight is 277 g/mol. The Labute approximate surface area is 107 Å². The molecule has 0 aliphatic rings. The minimum atomic E-state index is -1.66. The van der Waals surface area contributed by atoms with Crippen molar-refractivity contribution >= 4 is 16.7 Å². The SMILES string of the molecule is CC(=NS(=O)C(C)(C)C)c1c(F)ccc(F)c1F. The highest BCUT2D eigenvalue weighted by Gasteiger charge is 2.22. The van der Waals surface area contributed by atoms with Crippen LogP contribution in [0.3, 0.4) is 0 Å². The molecule has 6 heteroatoms. The lowest BCUT2D eigenvalue weighted by atomic mass is 10.1. The summed E-state index contributed by atoms with van der Waals surface area (Å²) in [5.41, 5.74) is -0.703. The summed E-state index contributed by atoms with van der Waals surface area (Å²) in [6, 6.07) is 1.51. The summed E-state index contributed by atoms with van der Waals surface area (Å²) in [5, 5.41) is 0. The van der Waals surface area contributed by atoms with Gasteiger partial charge in [-0.2, -0.15) is 4.40 Å². The highest BCUT2D eigenvalue weighted by Crippen LogP contribution is 2.19. The largest absolute Gasteiger partial charge is 0.234 e. The first-order valence-corrected chi connectivity index (χ1v) is 6.36. The van der Waals surface area contributed by atoms with Crippen LogP contribution in [-0.4, -0.2) is 14.7 Å². The van der Waals surface area contributed by atoms with Gasteiger partial charge in [0.2, 0.25) is 0 Å². The zero-order valence-corrected chi connectivity index (χ0v) is 11.4. The van der Waals surface area contributed by atoms with Gasteiger partial charge in [0.15, 0.2) is 11.6 Å². The molecule has 0 spiro atoms. The van der Waals surface area contributed by atoms with Gasteiger partial charge in [0.1, 0.15) is 16.8 Å². The van der Waals surface area contributed by atoms with Crippen molar-refractivity contribution < 1.29 is 17.4 Å². The van der Waals surface area contributed by atoms with Gasteiger partial charge in [-0.25, -0.2) is 17.4 Å². The Kier molecular flexibility index (Phi) is 4.32. The molecular formula is C12H14F3NOS. The van der Waals surface area contributed by atoms with E-state index < -0.39 is 38.7 Å². The second-order valence-corrected chi connectivity index (χ2v) is 6.66. The van der Waals surface area contributed by atoms with Gasteiger partial charge in [0.05, 0.1) is 16.0 Å². The fraction of sp³-hybridized carbons (Fsp3) is 0.417. The molecule has 1 aromatic carbocycles. The number of hydrogen-bond acceptors (Lipinski definition) is 1. The predicted octanol–water partition coefficient (Wildman–Crippen LogP) is 3.38. The third-order valence-electron chi connectivity index (χ3n) is 2.15. The number of rotatable bonds is 2. The lowest BCUT2D eigenvalue weighted by Crippen LogP contribution is -2.21. The average Bonchev–Trinajstić information content (AvgIpc) is 2.22. The van der Waals surface area contributed by atoms with E-state index in [0.717, 1.165) is 6.07 Å². The molecule has 1 rings (SSSR count). The molecule has 0 heterocycles. The van der Waals surface area contributed by atoms with Crippen molar-refractivity contribution in [2.45, 2.75) is 32.4 Å². The normalized spacial score (nSPS) is 14.7. The highest BCUT2D eigenvalue weighted by atomic mass is 32.2. The minimum Gasteiger partial charge on any atom is -0.234 e. The third-order valence-corrected chi connectivity index (χ3v) is 3.64. The Morgan fingerprint density at radius 1 is 1.17 bits per heavy atom. The van der Waals surface area contributed by atoms with Crippen molar-refractivity contribution in [2.75, 3.05) is 0 Å². The maximum atomic E-state index is 13.5. The fourth-order valence-electron chi connectivity index (χ4n) is 1.17. The molecule has 2 nitrogen and oxygen atoms in total. The monoisotopic (exact) mass is 277 g/mol. The second-order valence-electron chi connectivity index (χ2n) is 4.76. The molecule has 0 fully saturated rings. The van der Waals surface area contributed by atoms with Crippen LogP contribution in [0.1, 0.15) is 33.3 Å². The number of hydrogen-bond donors (Lipinski definition) is 0. The topological polar surface area (TPSA) is 29.4 Å². The highest BCUT2D eigenvalue weighted by molar-refractivity contribution is 7.85. The van der Waals surface area contributed by atoms with Crippen LogP contribution in [0.5, 0.6) is 0 Å². The van der Waals surface area contributed by atoms with Crippen LogP contribution in [0.25, 0.3) is 0 Å². The molecule has 1 aromatic rings. The molecule has 0 aliphatic heterocycles. The lowest BCUT2D eigenvalue weighted by molar-refractivity contribution is 0.492. The molecule has 18 heavy (non-hydrogen) atoms. The summed E-state index contributed by atoms with van der Waals surface area (Å²) < 4.78 is 54.7. The molecule has 1 atom stereocenters. The zero-order valence-electron chi connectivity index (χ0n) is 10.6. The van der Waals surface area contributed by atoms with Crippen molar-refractivity contribution in [1.29, 1.82) is 0 Å². The first-order chi connectivity index (χ1) is 8.14. The van der Waals surface area contributed by atoms with Crippen molar-refractivity contribution in [1.82, 2.24) is 0 Å². The molecule has 0 aliphatic carbocycles. The molecule has 0 aromatic heterocycles. The standard InChI is InChI=1S/C12H14F3NOS/c1-7(16-18(17)12(2,3)4)10-8(13)5-6-9(14)11(10)15/h5-6H,1-4H3. The van der Waals surface area contributed by atoms with E-state index in [0.29, 0.717) is 6.07 Å². The number of halogens is 3. The van der Waals surface area contributed by atoms with Gasteiger partial charge in [-0.3, -0.25) is 0 Å². The van der Waals surface area contributed by atoms with Crippen molar-refractivity contribution in [3.8, 4) is 0 Å². The van der Waals surface area contributed by atoms with Gasteiger partial charge >= 0.3 is 0 Å². The van der Waals surface area contributed by atoms with Crippen LogP contribution < -0.4 is 0 Å². The summed E-state index contributed by atoms with van der Waals surface area (Å²) in [6.07, 6.45) is 0.